The molecule has 3 heteroatoms. The van der Waals surface area contributed by atoms with E-state index in [1.165, 1.54) is 18.1 Å². The first-order valence-corrected chi connectivity index (χ1v) is 6.53. The van der Waals surface area contributed by atoms with Gasteiger partial charge in [0.2, 0.25) is 0 Å². The second kappa shape index (κ2) is 5.31. The molecule has 0 nitrogen and oxygen atoms in total. The number of hydrogen-bond donors (Lipinski definition) is 0. The first kappa shape index (κ1) is 14.6. The molecular weight excluding hydrogens is 261 g/mol. The van der Waals surface area contributed by atoms with Gasteiger partial charge in [-0.2, -0.15) is 13.2 Å². The molecule has 0 radical (unpaired) electrons. The van der Waals surface area contributed by atoms with Crippen LogP contribution in [0.1, 0.15) is 29.5 Å². The maximum absolute atomic E-state index is 12.7. The van der Waals surface area contributed by atoms with Crippen molar-refractivity contribution in [1.29, 1.82) is 0 Å². The summed E-state index contributed by atoms with van der Waals surface area (Å²) in [6, 6.07) is 12.7. The highest BCUT2D eigenvalue weighted by Crippen LogP contribution is 2.35. The molecule has 0 bridgehead atoms. The Balaban J connectivity index is 2.30. The summed E-state index contributed by atoms with van der Waals surface area (Å²) in [6.07, 6.45) is -4.19. The van der Waals surface area contributed by atoms with Crippen LogP contribution in [0.5, 0.6) is 0 Å². The Kier molecular flexibility index (Phi) is 3.89. The Labute approximate surface area is 117 Å². The summed E-state index contributed by atoms with van der Waals surface area (Å²) in [5.74, 6) is -1.43. The Hall–Kier alpha value is -1.77. The van der Waals surface area contributed by atoms with Crippen LogP contribution in [0, 0.1) is 13.8 Å². The Morgan fingerprint density at radius 3 is 1.85 bits per heavy atom. The maximum Gasteiger partial charge on any atom is 0.395 e. The largest absolute Gasteiger partial charge is 0.395 e. The lowest BCUT2D eigenvalue weighted by atomic mass is 9.96. The molecule has 106 valence electrons. The van der Waals surface area contributed by atoms with Crippen LogP contribution in [0.3, 0.4) is 0 Å². The van der Waals surface area contributed by atoms with E-state index in [-0.39, 0.29) is 0 Å². The molecule has 2 rings (SSSR count). The third kappa shape index (κ3) is 3.03. The summed E-state index contributed by atoms with van der Waals surface area (Å²) in [5.41, 5.74) is 4.64. The number of hydrogen-bond acceptors (Lipinski definition) is 0. The van der Waals surface area contributed by atoms with Gasteiger partial charge in [-0.05, 0) is 48.6 Å². The first-order chi connectivity index (χ1) is 9.29. The van der Waals surface area contributed by atoms with Gasteiger partial charge in [-0.15, -0.1) is 0 Å². The highest BCUT2D eigenvalue weighted by atomic mass is 19.4. The minimum absolute atomic E-state index is 0.296. The monoisotopic (exact) mass is 278 g/mol. The van der Waals surface area contributed by atoms with Crippen molar-refractivity contribution in [3.8, 4) is 11.1 Å². The second-order valence-electron chi connectivity index (χ2n) is 5.18. The minimum Gasteiger partial charge on any atom is -0.170 e. The highest BCUT2D eigenvalue weighted by molar-refractivity contribution is 5.65. The van der Waals surface area contributed by atoms with E-state index in [1.54, 1.807) is 24.3 Å². The minimum atomic E-state index is -4.19. The molecule has 0 aliphatic heterocycles. The third-order valence-electron chi connectivity index (χ3n) is 3.74. The van der Waals surface area contributed by atoms with Crippen molar-refractivity contribution in [2.24, 2.45) is 0 Å². The molecule has 2 aromatic rings. The average Bonchev–Trinajstić information content (AvgIpc) is 2.40. The number of rotatable bonds is 2. The lowest BCUT2D eigenvalue weighted by molar-refractivity contribution is -0.146. The Morgan fingerprint density at radius 1 is 0.800 bits per heavy atom. The number of benzene rings is 2. The summed E-state index contributed by atoms with van der Waals surface area (Å²) in [6.45, 7) is 5.25. The van der Waals surface area contributed by atoms with Crippen LogP contribution in [0.2, 0.25) is 0 Å². The fourth-order valence-electron chi connectivity index (χ4n) is 2.07. The molecule has 1 unspecified atom stereocenters. The van der Waals surface area contributed by atoms with E-state index >= 15 is 0 Å². The number of aryl methyl sites for hydroxylation is 2. The smallest absolute Gasteiger partial charge is 0.170 e. The number of halogens is 3. The zero-order chi connectivity index (χ0) is 14.9. The highest BCUT2D eigenvalue weighted by Gasteiger charge is 2.36. The van der Waals surface area contributed by atoms with E-state index in [1.807, 2.05) is 26.0 Å². The van der Waals surface area contributed by atoms with Gasteiger partial charge in [0, 0.05) is 0 Å². The lowest BCUT2D eigenvalue weighted by Gasteiger charge is -2.16. The molecule has 0 amide bonds. The van der Waals surface area contributed by atoms with Gasteiger partial charge in [-0.25, -0.2) is 0 Å². The summed E-state index contributed by atoms with van der Waals surface area (Å²) in [5, 5.41) is 0. The van der Waals surface area contributed by atoms with Gasteiger partial charge in [0.1, 0.15) is 0 Å². The molecule has 0 saturated carbocycles. The van der Waals surface area contributed by atoms with Gasteiger partial charge in [-0.1, -0.05) is 42.5 Å². The van der Waals surface area contributed by atoms with Gasteiger partial charge in [0.05, 0.1) is 5.92 Å². The van der Waals surface area contributed by atoms with Gasteiger partial charge >= 0.3 is 6.18 Å². The van der Waals surface area contributed by atoms with Crippen LogP contribution in [0.4, 0.5) is 13.2 Å². The molecule has 2 aromatic carbocycles. The van der Waals surface area contributed by atoms with Crippen molar-refractivity contribution in [2.75, 3.05) is 0 Å². The normalized spacial score (nSPS) is 13.3. The second-order valence-corrected chi connectivity index (χ2v) is 5.18. The molecule has 0 N–H and O–H groups in total. The predicted molar refractivity (Wildman–Crippen MR) is 75.8 cm³/mol. The summed E-state index contributed by atoms with van der Waals surface area (Å²) in [7, 11) is 0. The molecule has 20 heavy (non-hydrogen) atoms. The van der Waals surface area contributed by atoms with Crippen molar-refractivity contribution < 1.29 is 13.2 Å². The molecular formula is C17H17F3. The van der Waals surface area contributed by atoms with Crippen LogP contribution in [0.25, 0.3) is 11.1 Å². The zero-order valence-electron chi connectivity index (χ0n) is 11.8. The lowest BCUT2D eigenvalue weighted by Crippen LogP contribution is -2.17. The van der Waals surface area contributed by atoms with Crippen molar-refractivity contribution in [3.63, 3.8) is 0 Å². The molecule has 0 fully saturated rings. The van der Waals surface area contributed by atoms with Gasteiger partial charge < -0.3 is 0 Å². The van der Waals surface area contributed by atoms with E-state index in [9.17, 15) is 13.2 Å². The number of alkyl halides is 3. The van der Waals surface area contributed by atoms with Gasteiger partial charge in [0.25, 0.3) is 0 Å². The van der Waals surface area contributed by atoms with Crippen molar-refractivity contribution in [2.45, 2.75) is 32.9 Å². The quantitative estimate of drug-likeness (QED) is 0.667. The molecule has 0 aliphatic rings. The third-order valence-corrected chi connectivity index (χ3v) is 3.74. The van der Waals surface area contributed by atoms with Crippen LogP contribution < -0.4 is 0 Å². The average molecular weight is 278 g/mol. The van der Waals surface area contributed by atoms with Crippen molar-refractivity contribution >= 4 is 0 Å². The van der Waals surface area contributed by atoms with Crippen LogP contribution in [-0.2, 0) is 0 Å². The van der Waals surface area contributed by atoms with E-state index in [4.69, 9.17) is 0 Å². The summed E-state index contributed by atoms with van der Waals surface area (Å²) in [4.78, 5) is 0. The van der Waals surface area contributed by atoms with E-state index < -0.39 is 12.1 Å². The maximum atomic E-state index is 12.7. The molecule has 0 aromatic heterocycles. The predicted octanol–water partition coefficient (Wildman–Crippen LogP) is 5.64. The van der Waals surface area contributed by atoms with E-state index in [0.717, 1.165) is 11.1 Å². The standard InChI is InChI=1S/C17H17F3/c1-11-4-5-16(10-12(11)2)15-8-6-14(7-9-15)13(3)17(18,19)20/h4-10,13H,1-3H3. The summed E-state index contributed by atoms with van der Waals surface area (Å²) >= 11 is 0. The first-order valence-electron chi connectivity index (χ1n) is 6.53. The topological polar surface area (TPSA) is 0 Å². The van der Waals surface area contributed by atoms with E-state index in [0.29, 0.717) is 5.56 Å². The van der Waals surface area contributed by atoms with Crippen molar-refractivity contribution in [3.05, 3.63) is 59.2 Å². The van der Waals surface area contributed by atoms with Crippen LogP contribution in [-0.4, -0.2) is 6.18 Å². The molecule has 0 heterocycles. The zero-order valence-corrected chi connectivity index (χ0v) is 11.8. The molecule has 0 spiro atoms. The molecule has 1 atom stereocenters. The fourth-order valence-corrected chi connectivity index (χ4v) is 2.07. The Bertz CT molecular complexity index is 595. The summed E-state index contributed by atoms with van der Waals surface area (Å²) < 4.78 is 38.0. The van der Waals surface area contributed by atoms with Crippen molar-refractivity contribution in [1.82, 2.24) is 0 Å². The fraction of sp³-hybridized carbons (Fsp3) is 0.294. The van der Waals surface area contributed by atoms with Crippen LogP contribution >= 0.6 is 0 Å². The SMILES string of the molecule is Cc1ccc(-c2ccc(C(C)C(F)(F)F)cc2)cc1C. The van der Waals surface area contributed by atoms with Gasteiger partial charge in [-0.3, -0.25) is 0 Å². The Morgan fingerprint density at radius 2 is 1.35 bits per heavy atom. The van der Waals surface area contributed by atoms with Gasteiger partial charge in [0.15, 0.2) is 0 Å². The van der Waals surface area contributed by atoms with E-state index in [2.05, 4.69) is 6.07 Å². The molecule has 0 saturated heterocycles. The molecule has 0 aliphatic carbocycles. The van der Waals surface area contributed by atoms with Crippen LogP contribution in [0.15, 0.2) is 42.5 Å².